The van der Waals surface area contributed by atoms with Crippen LogP contribution >= 0.6 is 23.1 Å². The number of carbonyl (C=O) groups excluding carboxylic acids is 1. The van der Waals surface area contributed by atoms with Crippen LogP contribution in [0.5, 0.6) is 5.75 Å². The lowest BCUT2D eigenvalue weighted by atomic mass is 10.2. The maximum Gasteiger partial charge on any atom is 0.273 e. The molecule has 4 aromatic rings. The van der Waals surface area contributed by atoms with Crippen molar-refractivity contribution in [3.63, 3.8) is 0 Å². The van der Waals surface area contributed by atoms with Crippen molar-refractivity contribution in [1.82, 2.24) is 24.6 Å². The summed E-state index contributed by atoms with van der Waals surface area (Å²) in [5.41, 5.74) is 2.44. The van der Waals surface area contributed by atoms with Crippen LogP contribution in [0.15, 0.2) is 65.1 Å². The molecule has 0 aliphatic carbocycles. The van der Waals surface area contributed by atoms with Crippen molar-refractivity contribution in [2.24, 2.45) is 0 Å². The molecule has 168 valence electrons. The van der Waals surface area contributed by atoms with Crippen LogP contribution in [-0.4, -0.2) is 50.8 Å². The van der Waals surface area contributed by atoms with E-state index in [9.17, 15) is 4.79 Å². The van der Waals surface area contributed by atoms with Gasteiger partial charge in [-0.3, -0.25) is 9.36 Å². The Hall–Kier alpha value is -3.17. The molecular formula is C24H23N5O2S2. The number of thiazole rings is 1. The van der Waals surface area contributed by atoms with Crippen LogP contribution < -0.4 is 4.74 Å². The van der Waals surface area contributed by atoms with Crippen molar-refractivity contribution in [3.8, 4) is 22.8 Å². The minimum atomic E-state index is 0.0350. The quantitative estimate of drug-likeness (QED) is 0.352. The van der Waals surface area contributed by atoms with Gasteiger partial charge in [0.2, 0.25) is 0 Å². The molecule has 3 heterocycles. The third-order valence-corrected chi connectivity index (χ3v) is 7.44. The Kier molecular flexibility index (Phi) is 6.41. The molecule has 1 fully saturated rings. The maximum absolute atomic E-state index is 12.6. The molecule has 0 unspecified atom stereocenters. The SMILES string of the molecule is COc1cccc(-c2nnc(SCc3nc(C(=O)N4CCCC4)cs3)n2-c2ccccc2)c1. The largest absolute Gasteiger partial charge is 0.497 e. The smallest absolute Gasteiger partial charge is 0.273 e. The Labute approximate surface area is 200 Å². The first-order valence-electron chi connectivity index (χ1n) is 10.7. The van der Waals surface area contributed by atoms with Crippen molar-refractivity contribution < 1.29 is 9.53 Å². The second kappa shape index (κ2) is 9.76. The third kappa shape index (κ3) is 4.65. The predicted molar refractivity (Wildman–Crippen MR) is 130 cm³/mol. The average Bonchev–Trinajstić information content (AvgIpc) is 3.64. The molecule has 0 saturated carbocycles. The minimum Gasteiger partial charge on any atom is -0.497 e. The molecule has 0 spiro atoms. The number of rotatable bonds is 7. The summed E-state index contributed by atoms with van der Waals surface area (Å²) in [6, 6.07) is 17.9. The van der Waals surface area contributed by atoms with E-state index in [1.807, 2.05) is 69.4 Å². The number of aromatic nitrogens is 4. The van der Waals surface area contributed by atoms with Crippen LogP contribution in [0.2, 0.25) is 0 Å². The molecule has 0 bridgehead atoms. The predicted octanol–water partition coefficient (Wildman–Crippen LogP) is 4.93. The van der Waals surface area contributed by atoms with Crippen LogP contribution in [-0.2, 0) is 5.75 Å². The van der Waals surface area contributed by atoms with Crippen LogP contribution in [0.25, 0.3) is 17.1 Å². The monoisotopic (exact) mass is 477 g/mol. The van der Waals surface area contributed by atoms with Gasteiger partial charge in [0, 0.05) is 29.7 Å². The summed E-state index contributed by atoms with van der Waals surface area (Å²) in [7, 11) is 1.65. The zero-order valence-corrected chi connectivity index (χ0v) is 19.8. The van der Waals surface area contributed by atoms with Crippen molar-refractivity contribution in [2.75, 3.05) is 20.2 Å². The van der Waals surface area contributed by atoms with Gasteiger partial charge in [-0.25, -0.2) is 4.98 Å². The first kappa shape index (κ1) is 21.7. The number of hydrogen-bond donors (Lipinski definition) is 0. The first-order chi connectivity index (χ1) is 16.2. The summed E-state index contributed by atoms with van der Waals surface area (Å²) in [6.07, 6.45) is 2.15. The van der Waals surface area contributed by atoms with E-state index in [1.165, 1.54) is 11.3 Å². The topological polar surface area (TPSA) is 73.1 Å². The fraction of sp³-hybridized carbons (Fsp3) is 0.250. The number of hydrogen-bond acceptors (Lipinski definition) is 7. The number of benzene rings is 2. The number of amides is 1. The Bertz CT molecular complexity index is 1250. The average molecular weight is 478 g/mol. The van der Waals surface area contributed by atoms with Crippen molar-refractivity contribution in [3.05, 3.63) is 70.7 Å². The highest BCUT2D eigenvalue weighted by atomic mass is 32.2. The summed E-state index contributed by atoms with van der Waals surface area (Å²) in [4.78, 5) is 19.1. The van der Waals surface area contributed by atoms with E-state index in [1.54, 1.807) is 18.9 Å². The summed E-state index contributed by atoms with van der Waals surface area (Å²) in [5.74, 6) is 2.16. The second-order valence-electron chi connectivity index (χ2n) is 7.62. The van der Waals surface area contributed by atoms with E-state index in [2.05, 4.69) is 15.2 Å². The molecule has 0 N–H and O–H groups in total. The Morgan fingerprint density at radius 1 is 1.09 bits per heavy atom. The van der Waals surface area contributed by atoms with Crippen molar-refractivity contribution in [1.29, 1.82) is 0 Å². The molecule has 5 rings (SSSR count). The number of nitrogens with zero attached hydrogens (tertiary/aromatic N) is 5. The number of likely N-dealkylation sites (tertiary alicyclic amines) is 1. The van der Waals surface area contributed by atoms with E-state index in [4.69, 9.17) is 4.74 Å². The van der Waals surface area contributed by atoms with Crippen LogP contribution in [0.4, 0.5) is 0 Å². The number of ether oxygens (including phenoxy) is 1. The number of methoxy groups -OCH3 is 1. The van der Waals surface area contributed by atoms with Gasteiger partial charge in [0.05, 0.1) is 12.9 Å². The van der Waals surface area contributed by atoms with E-state index in [-0.39, 0.29) is 5.91 Å². The van der Waals surface area contributed by atoms with Gasteiger partial charge in [-0.05, 0) is 37.1 Å². The molecule has 1 aliphatic heterocycles. The number of para-hydroxylation sites is 1. The van der Waals surface area contributed by atoms with Crippen LogP contribution in [0.1, 0.15) is 28.3 Å². The van der Waals surface area contributed by atoms with E-state index in [0.717, 1.165) is 58.9 Å². The highest BCUT2D eigenvalue weighted by molar-refractivity contribution is 7.98. The molecule has 33 heavy (non-hydrogen) atoms. The maximum atomic E-state index is 12.6. The lowest BCUT2D eigenvalue weighted by molar-refractivity contribution is 0.0787. The fourth-order valence-corrected chi connectivity index (χ4v) is 5.54. The molecule has 7 nitrogen and oxygen atoms in total. The Morgan fingerprint density at radius 2 is 1.91 bits per heavy atom. The van der Waals surface area contributed by atoms with Gasteiger partial charge >= 0.3 is 0 Å². The van der Waals surface area contributed by atoms with Gasteiger partial charge in [0.15, 0.2) is 11.0 Å². The molecule has 0 atom stereocenters. The lowest BCUT2D eigenvalue weighted by Crippen LogP contribution is -2.27. The first-order valence-corrected chi connectivity index (χ1v) is 12.6. The number of thioether (sulfide) groups is 1. The molecule has 2 aromatic carbocycles. The summed E-state index contributed by atoms with van der Waals surface area (Å²) in [5, 5.41) is 12.5. The van der Waals surface area contributed by atoms with Crippen LogP contribution in [0.3, 0.4) is 0 Å². The second-order valence-corrected chi connectivity index (χ2v) is 9.51. The van der Waals surface area contributed by atoms with E-state index in [0.29, 0.717) is 11.4 Å². The highest BCUT2D eigenvalue weighted by Crippen LogP contribution is 2.31. The lowest BCUT2D eigenvalue weighted by Gasteiger charge is -2.12. The highest BCUT2D eigenvalue weighted by Gasteiger charge is 2.22. The van der Waals surface area contributed by atoms with Crippen molar-refractivity contribution >= 4 is 29.0 Å². The normalized spacial score (nSPS) is 13.4. The molecule has 0 radical (unpaired) electrons. The fourth-order valence-electron chi connectivity index (χ4n) is 3.81. The Morgan fingerprint density at radius 3 is 2.70 bits per heavy atom. The molecule has 2 aromatic heterocycles. The molecular weight excluding hydrogens is 454 g/mol. The summed E-state index contributed by atoms with van der Waals surface area (Å²) in [6.45, 7) is 1.65. The zero-order chi connectivity index (χ0) is 22.6. The number of carbonyl (C=O) groups is 1. The van der Waals surface area contributed by atoms with Gasteiger partial charge in [-0.15, -0.1) is 21.5 Å². The molecule has 1 saturated heterocycles. The minimum absolute atomic E-state index is 0.0350. The Balaban J connectivity index is 1.41. The van der Waals surface area contributed by atoms with Crippen LogP contribution in [0, 0.1) is 0 Å². The summed E-state index contributed by atoms with van der Waals surface area (Å²) >= 11 is 3.07. The zero-order valence-electron chi connectivity index (χ0n) is 18.2. The molecule has 1 aliphatic rings. The van der Waals surface area contributed by atoms with Gasteiger partial charge in [0.25, 0.3) is 5.91 Å². The van der Waals surface area contributed by atoms with Crippen molar-refractivity contribution in [2.45, 2.75) is 23.8 Å². The van der Waals surface area contributed by atoms with Gasteiger partial charge in [-0.2, -0.15) is 0 Å². The van der Waals surface area contributed by atoms with Gasteiger partial charge < -0.3 is 9.64 Å². The summed E-state index contributed by atoms with van der Waals surface area (Å²) < 4.78 is 7.44. The molecule has 9 heteroatoms. The third-order valence-electron chi connectivity index (χ3n) is 5.46. The van der Waals surface area contributed by atoms with Gasteiger partial charge in [-0.1, -0.05) is 42.1 Å². The van der Waals surface area contributed by atoms with E-state index >= 15 is 0 Å². The van der Waals surface area contributed by atoms with E-state index < -0.39 is 0 Å². The molecule has 1 amide bonds. The van der Waals surface area contributed by atoms with Gasteiger partial charge in [0.1, 0.15) is 16.5 Å². The standard InChI is InChI=1S/C24H23N5O2S2/c1-31-19-11-7-8-17(14-19)22-26-27-24(29(22)18-9-3-2-4-10-18)33-16-21-25-20(15-32-21)23(30)28-12-5-6-13-28/h2-4,7-11,14-15H,5-6,12-13,16H2,1H3.